The van der Waals surface area contributed by atoms with E-state index in [2.05, 4.69) is 5.32 Å². The molecule has 0 unspecified atom stereocenters. The molecule has 1 N–H and O–H groups in total. The molecular formula is C17H20N2O3. The molecule has 0 saturated heterocycles. The molecule has 116 valence electrons. The Hall–Kier alpha value is -2.56. The summed E-state index contributed by atoms with van der Waals surface area (Å²) in [4.78, 5) is 25.1. The Morgan fingerprint density at radius 3 is 2.55 bits per heavy atom. The van der Waals surface area contributed by atoms with E-state index in [1.807, 2.05) is 30.3 Å². The second-order valence-electron chi connectivity index (χ2n) is 5.03. The molecule has 1 aromatic heterocycles. The van der Waals surface area contributed by atoms with Crippen LogP contribution in [0.1, 0.15) is 18.2 Å². The van der Waals surface area contributed by atoms with E-state index >= 15 is 0 Å². The van der Waals surface area contributed by atoms with Crippen LogP contribution in [0.2, 0.25) is 0 Å². The third kappa shape index (κ3) is 5.09. The minimum atomic E-state index is -0.195. The molecule has 1 aromatic carbocycles. The normalized spacial score (nSPS) is 10.2. The Kier molecular flexibility index (Phi) is 5.77. The number of nitrogens with zero attached hydrogens (tertiary/aromatic N) is 1. The van der Waals surface area contributed by atoms with E-state index in [9.17, 15) is 9.59 Å². The first-order valence-corrected chi connectivity index (χ1v) is 7.23. The van der Waals surface area contributed by atoms with Gasteiger partial charge in [-0.25, -0.2) is 0 Å². The van der Waals surface area contributed by atoms with Crippen LogP contribution in [-0.4, -0.2) is 29.8 Å². The second kappa shape index (κ2) is 8.02. The van der Waals surface area contributed by atoms with Crippen molar-refractivity contribution >= 4 is 11.8 Å². The fourth-order valence-corrected chi connectivity index (χ4v) is 2.08. The summed E-state index contributed by atoms with van der Waals surface area (Å²) in [6, 6.07) is 13.5. The van der Waals surface area contributed by atoms with Crippen LogP contribution >= 0.6 is 0 Å². The number of nitrogens with one attached hydrogen (secondary N) is 1. The molecule has 0 fully saturated rings. The zero-order chi connectivity index (χ0) is 15.8. The molecule has 2 amide bonds. The van der Waals surface area contributed by atoms with Crippen LogP contribution in [0.4, 0.5) is 0 Å². The molecule has 0 radical (unpaired) electrons. The van der Waals surface area contributed by atoms with E-state index < -0.39 is 0 Å². The van der Waals surface area contributed by atoms with E-state index in [1.165, 1.54) is 6.92 Å². The molecule has 0 bridgehead atoms. The Morgan fingerprint density at radius 1 is 1.14 bits per heavy atom. The summed E-state index contributed by atoms with van der Waals surface area (Å²) in [6.45, 7) is 2.39. The predicted molar refractivity (Wildman–Crippen MR) is 83.0 cm³/mol. The Morgan fingerprint density at radius 2 is 1.91 bits per heavy atom. The number of furan rings is 1. The van der Waals surface area contributed by atoms with Gasteiger partial charge in [0.05, 0.1) is 19.4 Å². The summed E-state index contributed by atoms with van der Waals surface area (Å²) in [5.74, 6) is 0.385. The Labute approximate surface area is 129 Å². The summed E-state index contributed by atoms with van der Waals surface area (Å²) >= 11 is 0. The van der Waals surface area contributed by atoms with Crippen molar-refractivity contribution in [3.8, 4) is 0 Å². The van der Waals surface area contributed by atoms with Crippen molar-refractivity contribution in [1.82, 2.24) is 10.2 Å². The number of carbonyl (C=O) groups excluding carboxylic acids is 2. The zero-order valence-electron chi connectivity index (χ0n) is 12.6. The minimum Gasteiger partial charge on any atom is -0.467 e. The lowest BCUT2D eigenvalue weighted by Crippen LogP contribution is -2.40. The van der Waals surface area contributed by atoms with Gasteiger partial charge in [0.2, 0.25) is 11.8 Å². The van der Waals surface area contributed by atoms with E-state index in [0.29, 0.717) is 18.8 Å². The van der Waals surface area contributed by atoms with Crippen molar-refractivity contribution < 1.29 is 14.0 Å². The summed E-state index contributed by atoms with van der Waals surface area (Å²) in [5.41, 5.74) is 1.14. The van der Waals surface area contributed by atoms with Gasteiger partial charge >= 0.3 is 0 Å². The van der Waals surface area contributed by atoms with Crippen molar-refractivity contribution in [3.05, 3.63) is 60.1 Å². The van der Waals surface area contributed by atoms with Crippen LogP contribution in [0.15, 0.2) is 53.1 Å². The highest BCUT2D eigenvalue weighted by Gasteiger charge is 2.13. The average molecular weight is 300 g/mol. The van der Waals surface area contributed by atoms with Gasteiger partial charge in [-0.1, -0.05) is 30.3 Å². The first kappa shape index (κ1) is 15.8. The molecule has 0 atom stereocenters. The second-order valence-corrected chi connectivity index (χ2v) is 5.03. The molecule has 22 heavy (non-hydrogen) atoms. The van der Waals surface area contributed by atoms with Gasteiger partial charge in [0, 0.05) is 13.5 Å². The molecule has 1 heterocycles. The molecule has 0 spiro atoms. The standard InChI is InChI=1S/C17H20N2O3/c1-14(20)19(10-9-15-6-3-2-4-7-15)13-17(21)18-12-16-8-5-11-22-16/h2-8,11H,9-10,12-13H2,1H3,(H,18,21). The van der Waals surface area contributed by atoms with Crippen molar-refractivity contribution in [2.75, 3.05) is 13.1 Å². The van der Waals surface area contributed by atoms with Crippen LogP contribution in [-0.2, 0) is 22.6 Å². The largest absolute Gasteiger partial charge is 0.467 e. The fraction of sp³-hybridized carbons (Fsp3) is 0.294. The van der Waals surface area contributed by atoms with Crippen molar-refractivity contribution in [3.63, 3.8) is 0 Å². The maximum Gasteiger partial charge on any atom is 0.240 e. The van der Waals surface area contributed by atoms with Crippen LogP contribution in [0.3, 0.4) is 0 Å². The molecule has 5 heteroatoms. The number of rotatable bonds is 7. The molecule has 2 aromatic rings. The van der Waals surface area contributed by atoms with E-state index in [1.54, 1.807) is 23.3 Å². The van der Waals surface area contributed by atoms with E-state index in [4.69, 9.17) is 4.42 Å². The van der Waals surface area contributed by atoms with Crippen LogP contribution < -0.4 is 5.32 Å². The van der Waals surface area contributed by atoms with Crippen LogP contribution in [0, 0.1) is 0 Å². The molecular weight excluding hydrogens is 280 g/mol. The topological polar surface area (TPSA) is 62.6 Å². The number of carbonyl (C=O) groups is 2. The molecule has 2 rings (SSSR count). The predicted octanol–water partition coefficient (Wildman–Crippen LogP) is 1.99. The van der Waals surface area contributed by atoms with Gasteiger partial charge < -0.3 is 14.6 Å². The van der Waals surface area contributed by atoms with E-state index in [0.717, 1.165) is 12.0 Å². The Bertz CT molecular complexity index is 594. The highest BCUT2D eigenvalue weighted by Crippen LogP contribution is 2.02. The van der Waals surface area contributed by atoms with Gasteiger partial charge in [0.25, 0.3) is 0 Å². The van der Waals surface area contributed by atoms with Gasteiger partial charge in [0.1, 0.15) is 5.76 Å². The number of hydrogen-bond donors (Lipinski definition) is 1. The molecule has 0 aliphatic heterocycles. The van der Waals surface area contributed by atoms with Crippen molar-refractivity contribution in [2.24, 2.45) is 0 Å². The first-order chi connectivity index (χ1) is 10.6. The summed E-state index contributed by atoms with van der Waals surface area (Å²) in [5, 5.41) is 2.74. The third-order valence-corrected chi connectivity index (χ3v) is 3.33. The number of amides is 2. The lowest BCUT2D eigenvalue weighted by Gasteiger charge is -2.20. The molecule has 0 aliphatic rings. The third-order valence-electron chi connectivity index (χ3n) is 3.33. The lowest BCUT2D eigenvalue weighted by molar-refractivity contribution is -0.134. The number of hydrogen-bond acceptors (Lipinski definition) is 3. The minimum absolute atomic E-state index is 0.0584. The monoisotopic (exact) mass is 300 g/mol. The average Bonchev–Trinajstić information content (AvgIpc) is 3.03. The number of benzene rings is 1. The van der Waals surface area contributed by atoms with Gasteiger partial charge in [-0.05, 0) is 24.1 Å². The maximum absolute atomic E-state index is 11.9. The molecule has 5 nitrogen and oxygen atoms in total. The molecule has 0 saturated carbocycles. The summed E-state index contributed by atoms with van der Waals surface area (Å²) < 4.78 is 5.15. The maximum atomic E-state index is 11.9. The zero-order valence-corrected chi connectivity index (χ0v) is 12.6. The van der Waals surface area contributed by atoms with Gasteiger partial charge in [-0.2, -0.15) is 0 Å². The summed E-state index contributed by atoms with van der Waals surface area (Å²) in [7, 11) is 0. The van der Waals surface area contributed by atoms with E-state index in [-0.39, 0.29) is 18.4 Å². The van der Waals surface area contributed by atoms with Crippen molar-refractivity contribution in [2.45, 2.75) is 19.9 Å². The smallest absolute Gasteiger partial charge is 0.240 e. The highest BCUT2D eigenvalue weighted by molar-refractivity contribution is 5.83. The fourth-order valence-electron chi connectivity index (χ4n) is 2.08. The van der Waals surface area contributed by atoms with Gasteiger partial charge in [-0.15, -0.1) is 0 Å². The highest BCUT2D eigenvalue weighted by atomic mass is 16.3. The SMILES string of the molecule is CC(=O)N(CCc1ccccc1)CC(=O)NCc1ccco1. The van der Waals surface area contributed by atoms with Crippen LogP contribution in [0.25, 0.3) is 0 Å². The van der Waals surface area contributed by atoms with Gasteiger partial charge in [-0.3, -0.25) is 9.59 Å². The van der Waals surface area contributed by atoms with Crippen LogP contribution in [0.5, 0.6) is 0 Å². The lowest BCUT2D eigenvalue weighted by atomic mass is 10.1. The quantitative estimate of drug-likeness (QED) is 0.850. The summed E-state index contributed by atoms with van der Waals surface area (Å²) in [6.07, 6.45) is 2.29. The van der Waals surface area contributed by atoms with Gasteiger partial charge in [0.15, 0.2) is 0 Å². The molecule has 0 aliphatic carbocycles. The Balaban J connectivity index is 1.80. The van der Waals surface area contributed by atoms with Crippen molar-refractivity contribution in [1.29, 1.82) is 0 Å². The first-order valence-electron chi connectivity index (χ1n) is 7.23.